The number of methoxy groups -OCH3 is 1. The summed E-state index contributed by atoms with van der Waals surface area (Å²) < 4.78 is 5.19. The number of ether oxygens (including phenoxy) is 1. The average Bonchev–Trinajstić information content (AvgIpc) is 2.77. The summed E-state index contributed by atoms with van der Waals surface area (Å²) in [6.07, 6.45) is 1.72. The Hall–Kier alpha value is -3.69. The summed E-state index contributed by atoms with van der Waals surface area (Å²) in [5.41, 5.74) is 2.91. The maximum Gasteiger partial charge on any atom is 0.188 e. The van der Waals surface area contributed by atoms with Crippen LogP contribution in [0.4, 0.5) is 11.5 Å². The first-order valence-corrected chi connectivity index (χ1v) is 9.23. The number of nitrogens with zero attached hydrogens (tertiary/aromatic N) is 4. The second-order valence-corrected chi connectivity index (χ2v) is 6.68. The maximum absolute atomic E-state index is 7.34. The molecule has 142 valence electrons. The maximum atomic E-state index is 7.34. The Morgan fingerprint density at radius 2 is 1.97 bits per heavy atom. The predicted octanol–water partition coefficient (Wildman–Crippen LogP) is 5.52. The van der Waals surface area contributed by atoms with Crippen LogP contribution in [0.1, 0.15) is 5.56 Å². The lowest BCUT2D eigenvalue weighted by molar-refractivity contribution is 0.415. The second-order valence-electron chi connectivity index (χ2n) is 6.28. The third-order valence-electron chi connectivity index (χ3n) is 4.48. The van der Waals surface area contributed by atoms with Crippen molar-refractivity contribution in [1.82, 2.24) is 15.2 Å². The number of aromatic nitrogens is 3. The van der Waals surface area contributed by atoms with Crippen LogP contribution in [0.3, 0.4) is 0 Å². The Labute approximate surface area is 173 Å². The number of hydrogen-bond donors (Lipinski definition) is 1. The molecule has 0 saturated heterocycles. The number of hydrogen-bond acceptors (Lipinski definition) is 5. The molecule has 2 heterocycles. The van der Waals surface area contributed by atoms with Crippen LogP contribution in [0.15, 0.2) is 60.8 Å². The zero-order chi connectivity index (χ0) is 20.2. The minimum absolute atomic E-state index is 0.499. The molecule has 0 amide bonds. The highest BCUT2D eigenvalue weighted by atomic mass is 35.5. The van der Waals surface area contributed by atoms with Crippen LogP contribution in [-0.2, 0) is 6.54 Å². The lowest BCUT2D eigenvalue weighted by atomic mass is 10.1. The summed E-state index contributed by atoms with van der Waals surface area (Å²) in [5.74, 6) is 1.22. The zero-order valence-corrected chi connectivity index (χ0v) is 16.3. The van der Waals surface area contributed by atoms with Crippen LogP contribution in [0.25, 0.3) is 27.0 Å². The number of pyridine rings is 1. The number of anilines is 1. The predicted molar refractivity (Wildman–Crippen MR) is 114 cm³/mol. The first-order valence-electron chi connectivity index (χ1n) is 8.85. The van der Waals surface area contributed by atoms with Gasteiger partial charge in [-0.3, -0.25) is 4.98 Å². The van der Waals surface area contributed by atoms with E-state index in [0.29, 0.717) is 34.5 Å². The third kappa shape index (κ3) is 3.82. The average molecular weight is 402 g/mol. The van der Waals surface area contributed by atoms with E-state index in [1.54, 1.807) is 19.4 Å². The minimum Gasteiger partial charge on any atom is -0.495 e. The van der Waals surface area contributed by atoms with E-state index in [1.807, 2.05) is 48.5 Å². The minimum atomic E-state index is 0.499. The van der Waals surface area contributed by atoms with Crippen LogP contribution < -0.4 is 10.1 Å². The topological polar surface area (TPSA) is 64.3 Å². The summed E-state index contributed by atoms with van der Waals surface area (Å²) in [6, 6.07) is 16.7. The van der Waals surface area contributed by atoms with Gasteiger partial charge in [-0.25, -0.2) is 4.85 Å². The fraction of sp³-hybridized carbons (Fsp3) is 0.0909. The van der Waals surface area contributed by atoms with Gasteiger partial charge >= 0.3 is 0 Å². The standard InChI is InChI=1S/C22H16ClN5O/c1-24-15-7-8-16-17(12-15)22(28-27-21(16)19-5-3-4-10-25-19)26-13-14-6-9-20(29-2)18(23)11-14/h3-12H,13H2,2H3,(H,26,28). The van der Waals surface area contributed by atoms with Gasteiger partial charge in [-0.2, -0.15) is 0 Å². The molecule has 29 heavy (non-hydrogen) atoms. The van der Waals surface area contributed by atoms with Gasteiger partial charge in [-0.15, -0.1) is 10.2 Å². The molecule has 0 aliphatic heterocycles. The second kappa shape index (κ2) is 8.13. The lowest BCUT2D eigenvalue weighted by Gasteiger charge is -2.12. The van der Waals surface area contributed by atoms with Gasteiger partial charge in [0.2, 0.25) is 0 Å². The van der Waals surface area contributed by atoms with Crippen molar-refractivity contribution in [3.05, 3.63) is 82.8 Å². The first kappa shape index (κ1) is 18.7. The van der Waals surface area contributed by atoms with Gasteiger partial charge in [-0.05, 0) is 35.9 Å². The summed E-state index contributed by atoms with van der Waals surface area (Å²) in [5, 5.41) is 14.3. The van der Waals surface area contributed by atoms with Gasteiger partial charge in [0.25, 0.3) is 0 Å². The molecule has 4 rings (SSSR count). The van der Waals surface area contributed by atoms with Gasteiger partial charge in [0.05, 0.1) is 24.4 Å². The SMILES string of the molecule is [C-]#[N+]c1ccc2c(-c3ccccn3)nnc(NCc3ccc(OC)c(Cl)c3)c2c1. The Morgan fingerprint density at radius 3 is 2.69 bits per heavy atom. The lowest BCUT2D eigenvalue weighted by Crippen LogP contribution is -2.04. The fourth-order valence-electron chi connectivity index (χ4n) is 3.04. The molecule has 0 atom stereocenters. The van der Waals surface area contributed by atoms with E-state index in [9.17, 15) is 0 Å². The van der Waals surface area contributed by atoms with Crippen molar-refractivity contribution in [1.29, 1.82) is 0 Å². The zero-order valence-electron chi connectivity index (χ0n) is 15.6. The van der Waals surface area contributed by atoms with Crippen molar-refractivity contribution in [2.45, 2.75) is 6.54 Å². The molecule has 7 heteroatoms. The highest BCUT2D eigenvalue weighted by Crippen LogP contribution is 2.32. The molecule has 0 aliphatic rings. The van der Waals surface area contributed by atoms with Gasteiger partial charge in [0.1, 0.15) is 11.4 Å². The van der Waals surface area contributed by atoms with Crippen molar-refractivity contribution in [3.8, 4) is 17.1 Å². The van der Waals surface area contributed by atoms with Crippen molar-refractivity contribution >= 4 is 33.9 Å². The largest absolute Gasteiger partial charge is 0.495 e. The molecule has 0 saturated carbocycles. The van der Waals surface area contributed by atoms with Gasteiger partial charge in [0, 0.05) is 23.5 Å². The van der Waals surface area contributed by atoms with Crippen molar-refractivity contribution in [2.24, 2.45) is 0 Å². The van der Waals surface area contributed by atoms with Gasteiger partial charge in [-0.1, -0.05) is 35.9 Å². The molecule has 4 aromatic rings. The normalized spacial score (nSPS) is 10.5. The molecule has 2 aromatic heterocycles. The van der Waals surface area contributed by atoms with Gasteiger partial charge < -0.3 is 10.1 Å². The van der Waals surface area contributed by atoms with E-state index in [1.165, 1.54) is 0 Å². The Bertz CT molecular complexity index is 1220. The monoisotopic (exact) mass is 401 g/mol. The van der Waals surface area contributed by atoms with Crippen LogP contribution in [0.2, 0.25) is 5.02 Å². The Morgan fingerprint density at radius 1 is 1.07 bits per heavy atom. The number of halogens is 1. The molecule has 2 aromatic carbocycles. The summed E-state index contributed by atoms with van der Waals surface area (Å²) >= 11 is 6.21. The van der Waals surface area contributed by atoms with Crippen molar-refractivity contribution < 1.29 is 4.74 Å². The number of nitrogens with one attached hydrogen (secondary N) is 1. The van der Waals surface area contributed by atoms with Crippen LogP contribution in [0, 0.1) is 6.57 Å². The molecule has 0 unspecified atom stereocenters. The molecule has 0 fully saturated rings. The van der Waals surface area contributed by atoms with Crippen LogP contribution in [0.5, 0.6) is 5.75 Å². The van der Waals surface area contributed by atoms with Crippen molar-refractivity contribution in [2.75, 3.05) is 12.4 Å². The molecule has 0 radical (unpaired) electrons. The summed E-state index contributed by atoms with van der Waals surface area (Å²) in [7, 11) is 1.58. The Kier molecular flexibility index (Phi) is 5.23. The molecule has 0 aliphatic carbocycles. The summed E-state index contributed by atoms with van der Waals surface area (Å²) in [4.78, 5) is 7.92. The van der Waals surface area contributed by atoms with E-state index >= 15 is 0 Å². The molecule has 6 nitrogen and oxygen atoms in total. The number of fused-ring (bicyclic) bond motifs is 1. The first-order chi connectivity index (χ1) is 14.2. The molecular formula is C22H16ClN5O. The molecule has 1 N–H and O–H groups in total. The fourth-order valence-corrected chi connectivity index (χ4v) is 3.32. The third-order valence-corrected chi connectivity index (χ3v) is 4.77. The number of rotatable bonds is 5. The summed E-state index contributed by atoms with van der Waals surface area (Å²) in [6.45, 7) is 7.83. The molecule has 0 bridgehead atoms. The molecule has 0 spiro atoms. The van der Waals surface area contributed by atoms with E-state index in [2.05, 4.69) is 25.3 Å². The van der Waals surface area contributed by atoms with Gasteiger partial charge in [0.15, 0.2) is 11.5 Å². The Balaban J connectivity index is 1.73. The van der Waals surface area contributed by atoms with E-state index in [4.69, 9.17) is 22.9 Å². The van der Waals surface area contributed by atoms with E-state index in [-0.39, 0.29) is 0 Å². The number of benzene rings is 2. The highest BCUT2D eigenvalue weighted by molar-refractivity contribution is 6.32. The molecular weight excluding hydrogens is 386 g/mol. The van der Waals surface area contributed by atoms with E-state index < -0.39 is 0 Å². The quantitative estimate of drug-likeness (QED) is 0.446. The van der Waals surface area contributed by atoms with Crippen LogP contribution >= 0.6 is 11.6 Å². The van der Waals surface area contributed by atoms with E-state index in [0.717, 1.165) is 22.0 Å². The van der Waals surface area contributed by atoms with Crippen LogP contribution in [-0.4, -0.2) is 22.3 Å². The highest BCUT2D eigenvalue weighted by Gasteiger charge is 2.13. The smallest absolute Gasteiger partial charge is 0.188 e. The van der Waals surface area contributed by atoms with Crippen molar-refractivity contribution in [3.63, 3.8) is 0 Å².